The number of hydrogen-bond donors (Lipinski definition) is 0. The summed E-state index contributed by atoms with van der Waals surface area (Å²) in [5.74, 6) is 0. The van der Waals surface area contributed by atoms with Crippen molar-refractivity contribution in [2.45, 2.75) is 30.5 Å². The molecule has 2 aromatic heterocycles. The van der Waals surface area contributed by atoms with Crippen molar-refractivity contribution in [2.75, 3.05) is 31.7 Å². The fourth-order valence-corrected chi connectivity index (χ4v) is 5.94. The van der Waals surface area contributed by atoms with Crippen LogP contribution >= 0.6 is 0 Å². The Labute approximate surface area is 200 Å². The zero-order chi connectivity index (χ0) is 24.1. The Morgan fingerprint density at radius 3 is 2.82 bits per heavy atom. The van der Waals surface area contributed by atoms with E-state index in [-0.39, 0.29) is 11.1 Å². The Kier molecular flexibility index (Phi) is 7.26. The average Bonchev–Trinajstić information content (AvgIpc) is 3.25. The standard InChI is InChI=1S/C24H28N6O3S/c1-28-18-26-15-22(28)17-29-16-21(13-20-12-19(14-25)7-8-23(20)29)30(10-5-11-33-2)34(31,32)24-6-3-4-9-27-24/h3-4,6-9,12,15,18,21H,5,10-11,13,16-17H2,1-2H3. The summed E-state index contributed by atoms with van der Waals surface area (Å²) in [6, 6.07) is 12.4. The van der Waals surface area contributed by atoms with E-state index in [1.807, 2.05) is 29.9 Å². The number of nitriles is 1. The Bertz CT molecular complexity index is 1270. The van der Waals surface area contributed by atoms with E-state index in [9.17, 15) is 13.7 Å². The van der Waals surface area contributed by atoms with Crippen LogP contribution in [0.15, 0.2) is 60.1 Å². The van der Waals surface area contributed by atoms with Crippen molar-refractivity contribution in [3.63, 3.8) is 0 Å². The van der Waals surface area contributed by atoms with Gasteiger partial charge in [0.15, 0.2) is 5.03 Å². The molecule has 1 aliphatic rings. The summed E-state index contributed by atoms with van der Waals surface area (Å²) >= 11 is 0. The molecule has 3 heterocycles. The van der Waals surface area contributed by atoms with Gasteiger partial charge in [0.2, 0.25) is 0 Å². The summed E-state index contributed by atoms with van der Waals surface area (Å²) in [6.07, 6.45) is 6.12. The molecule has 0 amide bonds. The zero-order valence-corrected chi connectivity index (χ0v) is 20.1. The number of methoxy groups -OCH3 is 1. The predicted molar refractivity (Wildman–Crippen MR) is 128 cm³/mol. The molecule has 1 aromatic carbocycles. The van der Waals surface area contributed by atoms with E-state index in [0.29, 0.717) is 44.6 Å². The second kappa shape index (κ2) is 10.3. The number of pyridine rings is 1. The number of fused-ring (bicyclic) bond motifs is 1. The third-order valence-corrected chi connectivity index (χ3v) is 7.92. The minimum absolute atomic E-state index is 0.0298. The Morgan fingerprint density at radius 1 is 1.29 bits per heavy atom. The smallest absolute Gasteiger partial charge is 0.260 e. The van der Waals surface area contributed by atoms with E-state index < -0.39 is 10.0 Å². The number of imidazole rings is 1. The SMILES string of the molecule is COCCCN(C1Cc2cc(C#N)ccc2N(Cc2cncn2C)C1)S(=O)(=O)c1ccccn1. The first kappa shape index (κ1) is 23.9. The molecule has 1 unspecified atom stereocenters. The van der Waals surface area contributed by atoms with Gasteiger partial charge in [-0.2, -0.15) is 9.57 Å². The van der Waals surface area contributed by atoms with Crippen molar-refractivity contribution >= 4 is 15.7 Å². The van der Waals surface area contributed by atoms with Crippen LogP contribution in [0.4, 0.5) is 5.69 Å². The van der Waals surface area contributed by atoms with Crippen LogP contribution in [0.2, 0.25) is 0 Å². The number of nitrogens with zero attached hydrogens (tertiary/aromatic N) is 6. The Balaban J connectivity index is 1.73. The highest BCUT2D eigenvalue weighted by atomic mass is 32.2. The first-order chi connectivity index (χ1) is 16.4. The zero-order valence-electron chi connectivity index (χ0n) is 19.3. The van der Waals surface area contributed by atoms with Crippen LogP contribution in [-0.4, -0.2) is 60.1 Å². The van der Waals surface area contributed by atoms with Gasteiger partial charge < -0.3 is 14.2 Å². The number of anilines is 1. The van der Waals surface area contributed by atoms with E-state index >= 15 is 0 Å². The number of benzene rings is 1. The predicted octanol–water partition coefficient (Wildman–Crippen LogP) is 2.35. The minimum atomic E-state index is -3.84. The molecule has 0 N–H and O–H groups in total. The van der Waals surface area contributed by atoms with E-state index in [4.69, 9.17) is 4.74 Å². The molecule has 1 aliphatic heterocycles. The van der Waals surface area contributed by atoms with Crippen LogP contribution in [0.3, 0.4) is 0 Å². The van der Waals surface area contributed by atoms with Gasteiger partial charge in [-0.1, -0.05) is 6.07 Å². The van der Waals surface area contributed by atoms with Crippen molar-refractivity contribution in [1.82, 2.24) is 18.8 Å². The highest BCUT2D eigenvalue weighted by Gasteiger charge is 2.36. The lowest BCUT2D eigenvalue weighted by Crippen LogP contribution is -2.51. The van der Waals surface area contributed by atoms with Gasteiger partial charge in [0, 0.05) is 58.0 Å². The molecule has 0 saturated heterocycles. The van der Waals surface area contributed by atoms with Crippen LogP contribution < -0.4 is 4.90 Å². The maximum atomic E-state index is 13.7. The molecule has 10 heteroatoms. The molecule has 34 heavy (non-hydrogen) atoms. The molecule has 4 rings (SSSR count). The second-order valence-electron chi connectivity index (χ2n) is 8.32. The fourth-order valence-electron chi connectivity index (χ4n) is 4.36. The molecule has 0 fully saturated rings. The maximum absolute atomic E-state index is 13.7. The summed E-state index contributed by atoms with van der Waals surface area (Å²) in [5, 5.41) is 9.47. The molecule has 0 bridgehead atoms. The molecule has 0 radical (unpaired) electrons. The molecule has 9 nitrogen and oxygen atoms in total. The summed E-state index contributed by atoms with van der Waals surface area (Å²) in [5.41, 5.74) is 3.52. The number of sulfonamides is 1. The van der Waals surface area contributed by atoms with Crippen molar-refractivity contribution in [1.29, 1.82) is 5.26 Å². The van der Waals surface area contributed by atoms with Crippen molar-refractivity contribution < 1.29 is 13.2 Å². The third-order valence-electron chi connectivity index (χ3n) is 6.05. The highest BCUT2D eigenvalue weighted by molar-refractivity contribution is 7.89. The van der Waals surface area contributed by atoms with Gasteiger partial charge in [0.1, 0.15) is 0 Å². The van der Waals surface area contributed by atoms with Gasteiger partial charge in [-0.15, -0.1) is 0 Å². The van der Waals surface area contributed by atoms with E-state index in [1.165, 1.54) is 12.3 Å². The maximum Gasteiger partial charge on any atom is 0.260 e. The van der Waals surface area contributed by atoms with Crippen LogP contribution in [0.5, 0.6) is 0 Å². The quantitative estimate of drug-likeness (QED) is 0.433. The van der Waals surface area contributed by atoms with Crippen molar-refractivity contribution in [3.8, 4) is 6.07 Å². The molecule has 3 aromatic rings. The van der Waals surface area contributed by atoms with Crippen LogP contribution in [0, 0.1) is 11.3 Å². The topological polar surface area (TPSA) is 104 Å². The monoisotopic (exact) mass is 480 g/mol. The molecular weight excluding hydrogens is 452 g/mol. The number of rotatable bonds is 9. The Hall–Kier alpha value is -3.26. The van der Waals surface area contributed by atoms with Gasteiger partial charge in [-0.25, -0.2) is 18.4 Å². The molecule has 1 atom stereocenters. The van der Waals surface area contributed by atoms with Crippen LogP contribution in [0.1, 0.15) is 23.2 Å². The highest BCUT2D eigenvalue weighted by Crippen LogP contribution is 2.33. The Morgan fingerprint density at radius 2 is 2.15 bits per heavy atom. The summed E-state index contributed by atoms with van der Waals surface area (Å²) in [6.45, 7) is 1.84. The van der Waals surface area contributed by atoms with Gasteiger partial charge in [0.25, 0.3) is 10.0 Å². The van der Waals surface area contributed by atoms with Gasteiger partial charge >= 0.3 is 0 Å². The average molecular weight is 481 g/mol. The molecular formula is C24H28N6O3S. The first-order valence-corrected chi connectivity index (χ1v) is 12.5. The lowest BCUT2D eigenvalue weighted by atomic mass is 9.95. The van der Waals surface area contributed by atoms with E-state index in [0.717, 1.165) is 16.9 Å². The lowest BCUT2D eigenvalue weighted by Gasteiger charge is -2.40. The van der Waals surface area contributed by atoms with Crippen LogP contribution in [0.25, 0.3) is 0 Å². The number of aryl methyl sites for hydroxylation is 1. The number of ether oxygens (including phenoxy) is 1. The molecule has 0 saturated carbocycles. The third kappa shape index (κ3) is 4.97. The largest absolute Gasteiger partial charge is 0.385 e. The summed E-state index contributed by atoms with van der Waals surface area (Å²) in [4.78, 5) is 10.5. The lowest BCUT2D eigenvalue weighted by molar-refractivity contribution is 0.181. The van der Waals surface area contributed by atoms with Gasteiger partial charge in [-0.3, -0.25) is 0 Å². The molecule has 0 aliphatic carbocycles. The number of hydrogen-bond acceptors (Lipinski definition) is 7. The normalized spacial score (nSPS) is 15.8. The van der Waals surface area contributed by atoms with Crippen molar-refractivity contribution in [2.24, 2.45) is 7.05 Å². The summed E-state index contributed by atoms with van der Waals surface area (Å²) in [7, 11) is -0.294. The van der Waals surface area contributed by atoms with Gasteiger partial charge in [-0.05, 0) is 48.7 Å². The molecule has 0 spiro atoms. The van der Waals surface area contributed by atoms with Gasteiger partial charge in [0.05, 0.1) is 30.2 Å². The molecule has 178 valence electrons. The second-order valence-corrected chi connectivity index (χ2v) is 10.2. The number of aromatic nitrogens is 3. The minimum Gasteiger partial charge on any atom is -0.385 e. The fraction of sp³-hybridized carbons (Fsp3) is 0.375. The van der Waals surface area contributed by atoms with Crippen molar-refractivity contribution in [3.05, 3.63) is 71.9 Å². The summed E-state index contributed by atoms with van der Waals surface area (Å²) < 4.78 is 36.0. The van der Waals surface area contributed by atoms with Crippen LogP contribution in [-0.2, 0) is 34.8 Å². The van der Waals surface area contributed by atoms with E-state index in [2.05, 4.69) is 20.9 Å². The first-order valence-electron chi connectivity index (χ1n) is 11.1. The van der Waals surface area contributed by atoms with E-state index in [1.54, 1.807) is 35.9 Å².